The van der Waals surface area contributed by atoms with Gasteiger partial charge in [0.05, 0.1) is 12.0 Å². The number of carbonyl (C=O) groups is 1. The highest BCUT2D eigenvalue weighted by Crippen LogP contribution is 2.36. The minimum absolute atomic E-state index is 0.0889. The third-order valence-electron chi connectivity index (χ3n) is 3.95. The van der Waals surface area contributed by atoms with E-state index in [1.54, 1.807) is 19.2 Å². The summed E-state index contributed by atoms with van der Waals surface area (Å²) in [6.07, 6.45) is 0. The van der Waals surface area contributed by atoms with E-state index >= 15 is 0 Å². The molecule has 3 aromatic rings. The van der Waals surface area contributed by atoms with Crippen LogP contribution in [0.4, 0.5) is 0 Å². The van der Waals surface area contributed by atoms with Gasteiger partial charge in [-0.1, -0.05) is 12.6 Å². The molecule has 0 amide bonds. The Labute approximate surface area is 142 Å². The highest BCUT2D eigenvalue weighted by atomic mass is 32.1. The molecule has 0 fully saturated rings. The van der Waals surface area contributed by atoms with Crippen LogP contribution in [0.25, 0.3) is 15.7 Å². The summed E-state index contributed by atoms with van der Waals surface area (Å²) in [5.74, 6) is 2.02. The number of methoxy groups -OCH3 is 1. The maximum absolute atomic E-state index is 12.8. The lowest BCUT2D eigenvalue weighted by Gasteiger charge is -2.04. The van der Waals surface area contributed by atoms with Crippen molar-refractivity contribution in [2.75, 3.05) is 13.9 Å². The number of hydrogen-bond acceptors (Lipinski definition) is 5. The third kappa shape index (κ3) is 2.43. The van der Waals surface area contributed by atoms with Crippen LogP contribution >= 0.6 is 11.3 Å². The zero-order valence-corrected chi connectivity index (χ0v) is 13.8. The first-order valence-electron chi connectivity index (χ1n) is 7.37. The van der Waals surface area contributed by atoms with Gasteiger partial charge in [0, 0.05) is 10.3 Å². The van der Waals surface area contributed by atoms with Gasteiger partial charge in [0.25, 0.3) is 0 Å². The van der Waals surface area contributed by atoms with Crippen LogP contribution in [-0.4, -0.2) is 19.7 Å². The number of ether oxygens (including phenoxy) is 3. The number of carbonyl (C=O) groups excluding carboxylic acids is 1. The van der Waals surface area contributed by atoms with Gasteiger partial charge < -0.3 is 14.2 Å². The van der Waals surface area contributed by atoms with Crippen LogP contribution in [0, 0.1) is 0 Å². The molecule has 0 atom stereocenters. The van der Waals surface area contributed by atoms with Gasteiger partial charge in [-0.2, -0.15) is 0 Å². The molecular formula is C19H14O4S. The molecule has 2 heterocycles. The van der Waals surface area contributed by atoms with E-state index < -0.39 is 0 Å². The van der Waals surface area contributed by atoms with Gasteiger partial charge >= 0.3 is 0 Å². The summed E-state index contributed by atoms with van der Waals surface area (Å²) >= 11 is 1.44. The van der Waals surface area contributed by atoms with E-state index in [0.717, 1.165) is 21.4 Å². The Morgan fingerprint density at radius 3 is 2.79 bits per heavy atom. The minimum Gasteiger partial charge on any atom is -0.497 e. The number of rotatable bonds is 4. The Balaban J connectivity index is 1.66. The predicted octanol–water partition coefficient (Wildman–Crippen LogP) is 4.53. The number of fused-ring (bicyclic) bond motifs is 2. The fourth-order valence-electron chi connectivity index (χ4n) is 2.61. The van der Waals surface area contributed by atoms with Gasteiger partial charge in [-0.15, -0.1) is 11.3 Å². The molecule has 4 rings (SSSR count). The molecule has 0 saturated carbocycles. The fourth-order valence-corrected chi connectivity index (χ4v) is 3.67. The number of benzene rings is 2. The number of hydrogen-bond donors (Lipinski definition) is 0. The maximum atomic E-state index is 12.8. The molecule has 1 aliphatic heterocycles. The Hall–Kier alpha value is -2.79. The Bertz CT molecular complexity index is 971. The molecule has 0 bridgehead atoms. The highest BCUT2D eigenvalue weighted by molar-refractivity contribution is 7.21. The molecule has 5 heteroatoms. The SMILES string of the molecule is C=C(C(=O)c1cc2ccc(OC)cc2s1)c1ccc2c(c1)OCO2. The van der Waals surface area contributed by atoms with Crippen LogP contribution < -0.4 is 14.2 Å². The van der Waals surface area contributed by atoms with Gasteiger partial charge in [0.2, 0.25) is 12.6 Å². The molecule has 0 unspecified atom stereocenters. The topological polar surface area (TPSA) is 44.8 Å². The van der Waals surface area contributed by atoms with E-state index in [-0.39, 0.29) is 12.6 Å². The molecule has 0 radical (unpaired) electrons. The van der Waals surface area contributed by atoms with Crippen molar-refractivity contribution in [3.8, 4) is 17.2 Å². The van der Waals surface area contributed by atoms with Crippen molar-refractivity contribution in [2.24, 2.45) is 0 Å². The summed E-state index contributed by atoms with van der Waals surface area (Å²) in [6.45, 7) is 4.17. The number of allylic oxidation sites excluding steroid dienone is 1. The molecule has 0 N–H and O–H groups in total. The van der Waals surface area contributed by atoms with Gasteiger partial charge in [0.1, 0.15) is 5.75 Å². The zero-order chi connectivity index (χ0) is 16.7. The van der Waals surface area contributed by atoms with Gasteiger partial charge in [-0.25, -0.2) is 0 Å². The quantitative estimate of drug-likeness (QED) is 0.518. The molecule has 0 spiro atoms. The average molecular weight is 338 g/mol. The van der Waals surface area contributed by atoms with E-state index in [1.807, 2.05) is 30.3 Å². The van der Waals surface area contributed by atoms with Crippen molar-refractivity contribution >= 4 is 32.8 Å². The van der Waals surface area contributed by atoms with E-state index in [2.05, 4.69) is 6.58 Å². The van der Waals surface area contributed by atoms with E-state index in [1.165, 1.54) is 11.3 Å². The van der Waals surface area contributed by atoms with Gasteiger partial charge in [-0.05, 0) is 47.3 Å². The predicted molar refractivity (Wildman–Crippen MR) is 94.3 cm³/mol. The zero-order valence-electron chi connectivity index (χ0n) is 13.0. The molecule has 4 nitrogen and oxygen atoms in total. The molecular weight excluding hydrogens is 324 g/mol. The number of thiophene rings is 1. The summed E-state index contributed by atoms with van der Waals surface area (Å²) < 4.78 is 16.9. The first-order chi connectivity index (χ1) is 11.7. The van der Waals surface area contributed by atoms with E-state index in [0.29, 0.717) is 21.9 Å². The lowest BCUT2D eigenvalue weighted by atomic mass is 10.0. The van der Waals surface area contributed by atoms with Crippen LogP contribution in [0.5, 0.6) is 17.2 Å². The van der Waals surface area contributed by atoms with Crippen LogP contribution in [-0.2, 0) is 0 Å². The van der Waals surface area contributed by atoms with Crippen molar-refractivity contribution in [1.29, 1.82) is 0 Å². The average Bonchev–Trinajstić information content (AvgIpc) is 3.25. The second-order valence-corrected chi connectivity index (χ2v) is 6.47. The highest BCUT2D eigenvalue weighted by Gasteiger charge is 2.19. The Morgan fingerprint density at radius 2 is 1.96 bits per heavy atom. The largest absolute Gasteiger partial charge is 0.497 e. The smallest absolute Gasteiger partial charge is 0.231 e. The summed E-state index contributed by atoms with van der Waals surface area (Å²) in [6, 6.07) is 13.1. The molecule has 120 valence electrons. The van der Waals surface area contributed by atoms with Crippen molar-refractivity contribution in [1.82, 2.24) is 0 Å². The molecule has 0 aliphatic carbocycles. The maximum Gasteiger partial charge on any atom is 0.231 e. The number of ketones is 1. The Morgan fingerprint density at radius 1 is 1.12 bits per heavy atom. The summed E-state index contributed by atoms with van der Waals surface area (Å²) in [4.78, 5) is 13.4. The summed E-state index contributed by atoms with van der Waals surface area (Å²) in [7, 11) is 1.63. The summed E-state index contributed by atoms with van der Waals surface area (Å²) in [5, 5.41) is 1.02. The lowest BCUT2D eigenvalue weighted by molar-refractivity contribution is 0.106. The molecule has 0 saturated heterocycles. The van der Waals surface area contributed by atoms with Gasteiger partial charge in [0.15, 0.2) is 11.5 Å². The van der Waals surface area contributed by atoms with E-state index in [9.17, 15) is 4.79 Å². The second kappa shape index (κ2) is 5.69. The van der Waals surface area contributed by atoms with Crippen molar-refractivity contribution < 1.29 is 19.0 Å². The first-order valence-corrected chi connectivity index (χ1v) is 8.18. The van der Waals surface area contributed by atoms with Crippen LogP contribution in [0.2, 0.25) is 0 Å². The first kappa shape index (κ1) is 14.8. The third-order valence-corrected chi connectivity index (χ3v) is 5.04. The van der Waals surface area contributed by atoms with Crippen LogP contribution in [0.3, 0.4) is 0 Å². The molecule has 24 heavy (non-hydrogen) atoms. The lowest BCUT2D eigenvalue weighted by Crippen LogP contribution is -1.99. The normalized spacial score (nSPS) is 12.4. The van der Waals surface area contributed by atoms with Crippen molar-refractivity contribution in [2.45, 2.75) is 0 Å². The minimum atomic E-state index is -0.0889. The standard InChI is InChI=1S/C19H14O4S/c1-11(12-4-6-15-16(7-12)23-10-22-15)19(20)18-8-13-3-5-14(21-2)9-17(13)24-18/h3-9H,1,10H2,2H3. The second-order valence-electron chi connectivity index (χ2n) is 5.39. The molecule has 1 aromatic heterocycles. The Kier molecular flexibility index (Phi) is 3.50. The van der Waals surface area contributed by atoms with Crippen LogP contribution in [0.15, 0.2) is 49.0 Å². The van der Waals surface area contributed by atoms with Crippen molar-refractivity contribution in [3.05, 3.63) is 59.5 Å². The fraction of sp³-hybridized carbons (Fsp3) is 0.105. The number of Topliss-reactive ketones (excluding diaryl/α,β-unsaturated/α-hetero) is 1. The van der Waals surface area contributed by atoms with E-state index in [4.69, 9.17) is 14.2 Å². The summed E-state index contributed by atoms with van der Waals surface area (Å²) in [5.41, 5.74) is 1.17. The molecule has 2 aromatic carbocycles. The van der Waals surface area contributed by atoms with Gasteiger partial charge in [-0.3, -0.25) is 4.79 Å². The molecule has 1 aliphatic rings. The van der Waals surface area contributed by atoms with Crippen LogP contribution in [0.1, 0.15) is 15.2 Å². The monoisotopic (exact) mass is 338 g/mol. The van der Waals surface area contributed by atoms with Crippen molar-refractivity contribution in [3.63, 3.8) is 0 Å².